The zero-order valence-corrected chi connectivity index (χ0v) is 12.1. The van der Waals surface area contributed by atoms with Gasteiger partial charge in [-0.05, 0) is 50.1 Å². The second kappa shape index (κ2) is 5.74. The second-order valence-corrected chi connectivity index (χ2v) is 5.39. The summed E-state index contributed by atoms with van der Waals surface area (Å²) in [4.78, 5) is 0. The minimum absolute atomic E-state index is 0.123. The van der Waals surface area contributed by atoms with Gasteiger partial charge in [-0.1, -0.05) is 17.7 Å². The van der Waals surface area contributed by atoms with Crippen molar-refractivity contribution in [2.45, 2.75) is 32.9 Å². The molecule has 0 saturated carbocycles. The Morgan fingerprint density at radius 1 is 1.32 bits per heavy atom. The Bertz CT molecular complexity index is 542. The first-order chi connectivity index (χ1) is 9.02. The smallest absolute Gasteiger partial charge is 0.0879 e. The second-order valence-electron chi connectivity index (χ2n) is 4.96. The van der Waals surface area contributed by atoms with Crippen molar-refractivity contribution in [3.8, 4) is 0 Å². The Balaban J connectivity index is 2.47. The molecular weight excluding hydrogens is 260 g/mol. The van der Waals surface area contributed by atoms with Crippen molar-refractivity contribution in [1.82, 2.24) is 15.2 Å². The number of rotatable bonds is 4. The molecule has 5 heteroatoms. The molecule has 0 aliphatic heterocycles. The van der Waals surface area contributed by atoms with Crippen molar-refractivity contribution in [1.29, 1.82) is 0 Å². The summed E-state index contributed by atoms with van der Waals surface area (Å²) in [5.74, 6) is 5.73. The van der Waals surface area contributed by atoms with Crippen LogP contribution in [0.5, 0.6) is 0 Å². The largest absolute Gasteiger partial charge is 0.271 e. The standard InChI is InChI=1S/C14H19ClN4/c1-9(2)19-13(4-5-17-19)14(18-16)11-6-10(3)7-12(15)8-11/h4-9,14,18H,16H2,1-3H3. The van der Waals surface area contributed by atoms with Crippen LogP contribution in [-0.2, 0) is 0 Å². The molecule has 0 saturated heterocycles. The number of nitrogens with two attached hydrogens (primary N) is 1. The number of hydrazine groups is 1. The van der Waals surface area contributed by atoms with Gasteiger partial charge in [0.05, 0.1) is 11.7 Å². The van der Waals surface area contributed by atoms with Gasteiger partial charge in [0, 0.05) is 17.3 Å². The molecule has 3 N–H and O–H groups in total. The Morgan fingerprint density at radius 2 is 2.05 bits per heavy atom. The van der Waals surface area contributed by atoms with Crippen molar-refractivity contribution < 1.29 is 0 Å². The molecule has 0 radical (unpaired) electrons. The third kappa shape index (κ3) is 2.97. The maximum atomic E-state index is 6.12. The molecule has 0 fully saturated rings. The highest BCUT2D eigenvalue weighted by Crippen LogP contribution is 2.26. The monoisotopic (exact) mass is 278 g/mol. The van der Waals surface area contributed by atoms with Crippen LogP contribution in [-0.4, -0.2) is 9.78 Å². The molecule has 1 unspecified atom stereocenters. The van der Waals surface area contributed by atoms with E-state index < -0.39 is 0 Å². The number of hydrogen-bond acceptors (Lipinski definition) is 3. The molecule has 1 aromatic heterocycles. The van der Waals surface area contributed by atoms with Crippen LogP contribution < -0.4 is 11.3 Å². The Hall–Kier alpha value is -1.36. The molecule has 1 heterocycles. The first kappa shape index (κ1) is 14.1. The van der Waals surface area contributed by atoms with E-state index in [1.807, 2.05) is 29.8 Å². The van der Waals surface area contributed by atoms with Crippen molar-refractivity contribution in [3.05, 3.63) is 52.3 Å². The molecule has 19 heavy (non-hydrogen) atoms. The summed E-state index contributed by atoms with van der Waals surface area (Å²) in [6.45, 7) is 6.20. The third-order valence-electron chi connectivity index (χ3n) is 3.05. The third-order valence-corrected chi connectivity index (χ3v) is 3.27. The van der Waals surface area contributed by atoms with Crippen LogP contribution >= 0.6 is 11.6 Å². The summed E-state index contributed by atoms with van der Waals surface area (Å²) in [7, 11) is 0. The molecule has 0 aliphatic rings. The Morgan fingerprint density at radius 3 is 2.63 bits per heavy atom. The van der Waals surface area contributed by atoms with Gasteiger partial charge in [0.1, 0.15) is 0 Å². The zero-order valence-electron chi connectivity index (χ0n) is 11.4. The molecule has 0 spiro atoms. The van der Waals surface area contributed by atoms with Gasteiger partial charge in [0.25, 0.3) is 0 Å². The molecular formula is C14H19ClN4. The highest BCUT2D eigenvalue weighted by Gasteiger charge is 2.18. The fourth-order valence-electron chi connectivity index (χ4n) is 2.27. The lowest BCUT2D eigenvalue weighted by molar-refractivity contribution is 0.476. The summed E-state index contributed by atoms with van der Waals surface area (Å²) in [5.41, 5.74) is 6.02. The van der Waals surface area contributed by atoms with Gasteiger partial charge >= 0.3 is 0 Å². The molecule has 1 atom stereocenters. The van der Waals surface area contributed by atoms with E-state index in [1.165, 1.54) is 0 Å². The predicted octanol–water partition coefficient (Wildman–Crippen LogP) is 2.98. The number of benzene rings is 1. The molecule has 2 aromatic rings. The van der Waals surface area contributed by atoms with E-state index in [-0.39, 0.29) is 12.1 Å². The fraction of sp³-hybridized carbons (Fsp3) is 0.357. The van der Waals surface area contributed by atoms with E-state index in [2.05, 4.69) is 30.4 Å². The van der Waals surface area contributed by atoms with Crippen LogP contribution in [0.15, 0.2) is 30.5 Å². The minimum Gasteiger partial charge on any atom is -0.271 e. The van der Waals surface area contributed by atoms with E-state index in [0.717, 1.165) is 16.8 Å². The van der Waals surface area contributed by atoms with E-state index in [1.54, 1.807) is 6.20 Å². The molecule has 0 aliphatic carbocycles. The van der Waals surface area contributed by atoms with Crippen molar-refractivity contribution >= 4 is 11.6 Å². The number of nitrogens with zero attached hydrogens (tertiary/aromatic N) is 2. The maximum Gasteiger partial charge on any atom is 0.0879 e. The van der Waals surface area contributed by atoms with Crippen LogP contribution in [0.2, 0.25) is 5.02 Å². The summed E-state index contributed by atoms with van der Waals surface area (Å²) < 4.78 is 1.96. The average Bonchev–Trinajstić information content (AvgIpc) is 2.78. The molecule has 1 aromatic carbocycles. The summed E-state index contributed by atoms with van der Waals surface area (Å²) >= 11 is 6.12. The lowest BCUT2D eigenvalue weighted by atomic mass is 10.0. The van der Waals surface area contributed by atoms with E-state index >= 15 is 0 Å². The Kier molecular flexibility index (Phi) is 4.24. The van der Waals surface area contributed by atoms with Gasteiger partial charge in [0.15, 0.2) is 0 Å². The summed E-state index contributed by atoms with van der Waals surface area (Å²) in [6.07, 6.45) is 1.79. The normalized spacial score (nSPS) is 12.9. The lowest BCUT2D eigenvalue weighted by Crippen LogP contribution is -2.31. The van der Waals surface area contributed by atoms with Crippen molar-refractivity contribution in [2.24, 2.45) is 5.84 Å². The molecule has 0 bridgehead atoms. The quantitative estimate of drug-likeness (QED) is 0.668. The maximum absolute atomic E-state index is 6.12. The van der Waals surface area contributed by atoms with Crippen LogP contribution in [0.1, 0.15) is 42.8 Å². The van der Waals surface area contributed by atoms with Gasteiger partial charge in [-0.25, -0.2) is 5.43 Å². The van der Waals surface area contributed by atoms with Gasteiger partial charge in [-0.2, -0.15) is 5.10 Å². The summed E-state index contributed by atoms with van der Waals surface area (Å²) in [5, 5.41) is 5.06. The van der Waals surface area contributed by atoms with E-state index in [4.69, 9.17) is 17.4 Å². The molecule has 4 nitrogen and oxygen atoms in total. The molecule has 102 valence electrons. The topological polar surface area (TPSA) is 55.9 Å². The SMILES string of the molecule is Cc1cc(Cl)cc(C(NN)c2ccnn2C(C)C)c1. The number of aryl methyl sites for hydroxylation is 1. The fourth-order valence-corrected chi connectivity index (χ4v) is 2.57. The van der Waals surface area contributed by atoms with Crippen molar-refractivity contribution in [2.75, 3.05) is 0 Å². The van der Waals surface area contributed by atoms with Gasteiger partial charge in [0.2, 0.25) is 0 Å². The molecule has 0 amide bonds. The molecule has 2 rings (SSSR count). The van der Waals surface area contributed by atoms with Crippen LogP contribution in [0.25, 0.3) is 0 Å². The van der Waals surface area contributed by atoms with Gasteiger partial charge < -0.3 is 0 Å². The van der Waals surface area contributed by atoms with Gasteiger partial charge in [-0.15, -0.1) is 0 Å². The number of hydrogen-bond donors (Lipinski definition) is 2. The van der Waals surface area contributed by atoms with E-state index in [0.29, 0.717) is 5.02 Å². The zero-order chi connectivity index (χ0) is 14.0. The van der Waals surface area contributed by atoms with Crippen LogP contribution in [0.4, 0.5) is 0 Å². The highest BCUT2D eigenvalue weighted by atomic mass is 35.5. The Labute approximate surface area is 118 Å². The number of aromatic nitrogens is 2. The van der Waals surface area contributed by atoms with Gasteiger partial charge in [-0.3, -0.25) is 10.5 Å². The lowest BCUT2D eigenvalue weighted by Gasteiger charge is -2.20. The van der Waals surface area contributed by atoms with Crippen LogP contribution in [0, 0.1) is 6.92 Å². The average molecular weight is 279 g/mol. The predicted molar refractivity (Wildman–Crippen MR) is 78.0 cm³/mol. The van der Waals surface area contributed by atoms with E-state index in [9.17, 15) is 0 Å². The first-order valence-corrected chi connectivity index (χ1v) is 6.67. The van der Waals surface area contributed by atoms with Crippen molar-refractivity contribution in [3.63, 3.8) is 0 Å². The minimum atomic E-state index is -0.123. The number of halogens is 1. The van der Waals surface area contributed by atoms with Crippen LogP contribution in [0.3, 0.4) is 0 Å². The first-order valence-electron chi connectivity index (χ1n) is 6.29. The number of nitrogens with one attached hydrogen (secondary N) is 1. The highest BCUT2D eigenvalue weighted by molar-refractivity contribution is 6.30. The summed E-state index contributed by atoms with van der Waals surface area (Å²) in [6, 6.07) is 8.06.